The van der Waals surface area contributed by atoms with Crippen molar-refractivity contribution in [3.63, 3.8) is 0 Å². The summed E-state index contributed by atoms with van der Waals surface area (Å²) < 4.78 is 0. The van der Waals surface area contributed by atoms with E-state index in [2.05, 4.69) is 5.32 Å². The summed E-state index contributed by atoms with van der Waals surface area (Å²) >= 11 is 13.9. The molecule has 2 N–H and O–H groups in total. The number of aromatic hydroxyl groups is 1. The molecule has 0 aliphatic rings. The highest BCUT2D eigenvalue weighted by Gasteiger charge is 2.14. The molecule has 0 saturated carbocycles. The van der Waals surface area contributed by atoms with Crippen molar-refractivity contribution in [2.75, 3.05) is 5.32 Å². The Morgan fingerprint density at radius 1 is 1.04 bits per heavy atom. The molecule has 0 aliphatic carbocycles. The van der Waals surface area contributed by atoms with Crippen LogP contribution < -0.4 is 5.32 Å². The van der Waals surface area contributed by atoms with E-state index in [4.69, 9.17) is 23.2 Å². The van der Waals surface area contributed by atoms with Crippen LogP contribution in [0.1, 0.15) is 22.8 Å². The molecule has 0 radical (unpaired) electrons. The first-order valence-corrected chi connectivity index (χ1v) is 9.80. The first kappa shape index (κ1) is 19.6. The van der Waals surface area contributed by atoms with E-state index in [-0.39, 0.29) is 17.1 Å². The predicted octanol–water partition coefficient (Wildman–Crippen LogP) is 6.66. The molecule has 0 bridgehead atoms. The molecule has 0 fully saturated rings. The summed E-state index contributed by atoms with van der Waals surface area (Å²) in [5.41, 5.74) is 1.65. The Labute approximate surface area is 172 Å². The maximum atomic E-state index is 11.7. The topological polar surface area (TPSA) is 49.3 Å². The predicted molar refractivity (Wildman–Crippen MR) is 112 cm³/mol. The Morgan fingerprint density at radius 2 is 1.70 bits per heavy atom. The van der Waals surface area contributed by atoms with Gasteiger partial charge in [-0.3, -0.25) is 4.79 Å². The van der Waals surface area contributed by atoms with Gasteiger partial charge in [-0.15, -0.1) is 0 Å². The molecule has 3 nitrogen and oxygen atoms in total. The fourth-order valence-corrected chi connectivity index (χ4v) is 4.02. The standard InChI is InChI=1S/C21H17Cl2NO2S/c1-13(25)16-10-15(22)11-18(21(16)26)24-12-14-6-2-4-8-19(14)27-20-9-5-3-7-17(20)23/h2-11,24,26H,12H2,1H3. The zero-order valence-electron chi connectivity index (χ0n) is 14.5. The van der Waals surface area contributed by atoms with Gasteiger partial charge in [0.05, 0.1) is 16.3 Å². The van der Waals surface area contributed by atoms with E-state index in [0.29, 0.717) is 22.3 Å². The summed E-state index contributed by atoms with van der Waals surface area (Å²) in [6.07, 6.45) is 0. The summed E-state index contributed by atoms with van der Waals surface area (Å²) in [5, 5.41) is 14.6. The van der Waals surface area contributed by atoms with Crippen LogP contribution in [0.5, 0.6) is 5.75 Å². The van der Waals surface area contributed by atoms with Gasteiger partial charge in [0, 0.05) is 21.4 Å². The first-order chi connectivity index (χ1) is 13.0. The number of Topliss-reactive ketones (excluding diaryl/α,β-unsaturated/α-hetero) is 1. The zero-order valence-corrected chi connectivity index (χ0v) is 16.8. The van der Waals surface area contributed by atoms with Gasteiger partial charge in [0.25, 0.3) is 0 Å². The van der Waals surface area contributed by atoms with Gasteiger partial charge >= 0.3 is 0 Å². The zero-order chi connectivity index (χ0) is 19.4. The first-order valence-electron chi connectivity index (χ1n) is 8.23. The summed E-state index contributed by atoms with van der Waals surface area (Å²) in [7, 11) is 0. The van der Waals surface area contributed by atoms with Crippen molar-refractivity contribution in [3.8, 4) is 5.75 Å². The fourth-order valence-electron chi connectivity index (χ4n) is 2.59. The molecule has 0 spiro atoms. The van der Waals surface area contributed by atoms with Crippen molar-refractivity contribution < 1.29 is 9.90 Å². The largest absolute Gasteiger partial charge is 0.505 e. The lowest BCUT2D eigenvalue weighted by Crippen LogP contribution is -2.03. The monoisotopic (exact) mass is 417 g/mol. The molecule has 0 aliphatic heterocycles. The molecule has 0 unspecified atom stereocenters. The Balaban J connectivity index is 1.84. The lowest BCUT2D eigenvalue weighted by Gasteiger charge is -2.14. The van der Waals surface area contributed by atoms with Gasteiger partial charge in [-0.25, -0.2) is 0 Å². The van der Waals surface area contributed by atoms with Crippen molar-refractivity contribution in [1.82, 2.24) is 0 Å². The van der Waals surface area contributed by atoms with E-state index in [9.17, 15) is 9.90 Å². The van der Waals surface area contributed by atoms with Gasteiger partial charge in [0.1, 0.15) is 5.75 Å². The average molecular weight is 418 g/mol. The maximum absolute atomic E-state index is 11.7. The number of halogens is 2. The van der Waals surface area contributed by atoms with Gasteiger partial charge in [-0.05, 0) is 42.8 Å². The fraction of sp³-hybridized carbons (Fsp3) is 0.0952. The van der Waals surface area contributed by atoms with Crippen LogP contribution in [0.25, 0.3) is 0 Å². The second-order valence-corrected chi connectivity index (χ2v) is 7.83. The Hall–Kier alpha value is -2.14. The van der Waals surface area contributed by atoms with Crippen LogP contribution in [-0.4, -0.2) is 10.9 Å². The van der Waals surface area contributed by atoms with Crippen LogP contribution in [0.15, 0.2) is 70.5 Å². The number of benzene rings is 3. The molecule has 3 aromatic rings. The summed E-state index contributed by atoms with van der Waals surface area (Å²) in [4.78, 5) is 13.7. The van der Waals surface area contributed by atoms with Gasteiger partial charge in [0.2, 0.25) is 0 Å². The van der Waals surface area contributed by atoms with E-state index in [1.165, 1.54) is 13.0 Å². The number of ketones is 1. The lowest BCUT2D eigenvalue weighted by atomic mass is 10.1. The van der Waals surface area contributed by atoms with Gasteiger partial charge in [-0.1, -0.05) is 65.3 Å². The number of hydrogen-bond donors (Lipinski definition) is 2. The Morgan fingerprint density at radius 3 is 2.41 bits per heavy atom. The molecule has 0 saturated heterocycles. The highest BCUT2D eigenvalue weighted by Crippen LogP contribution is 2.36. The second-order valence-electron chi connectivity index (χ2n) is 5.90. The molecule has 0 aromatic heterocycles. The molecular weight excluding hydrogens is 401 g/mol. The Kier molecular flexibility index (Phi) is 6.32. The van der Waals surface area contributed by atoms with Crippen LogP contribution in [0.3, 0.4) is 0 Å². The molecule has 6 heteroatoms. The quantitative estimate of drug-likeness (QED) is 0.347. The molecule has 3 rings (SSSR count). The SMILES string of the molecule is CC(=O)c1cc(Cl)cc(NCc2ccccc2Sc2ccccc2Cl)c1O. The van der Waals surface area contributed by atoms with Gasteiger partial charge in [-0.2, -0.15) is 0 Å². The number of hydrogen-bond acceptors (Lipinski definition) is 4. The van der Waals surface area contributed by atoms with Gasteiger partial charge < -0.3 is 10.4 Å². The molecule has 138 valence electrons. The second kappa shape index (κ2) is 8.70. The van der Waals surface area contributed by atoms with Gasteiger partial charge in [0.15, 0.2) is 5.78 Å². The van der Waals surface area contributed by atoms with Crippen LogP contribution in [0, 0.1) is 0 Å². The summed E-state index contributed by atoms with van der Waals surface area (Å²) in [6.45, 7) is 1.85. The van der Waals surface area contributed by atoms with Crippen molar-refractivity contribution in [3.05, 3.63) is 81.8 Å². The number of nitrogens with one attached hydrogen (secondary N) is 1. The highest BCUT2D eigenvalue weighted by atomic mass is 35.5. The number of carbonyl (C=O) groups is 1. The van der Waals surface area contributed by atoms with E-state index < -0.39 is 0 Å². The van der Waals surface area contributed by atoms with Crippen molar-refractivity contribution in [2.45, 2.75) is 23.3 Å². The minimum atomic E-state index is -0.243. The van der Waals surface area contributed by atoms with Crippen LogP contribution >= 0.6 is 35.0 Å². The molecule has 0 heterocycles. The van der Waals surface area contributed by atoms with Crippen molar-refractivity contribution in [2.24, 2.45) is 0 Å². The summed E-state index contributed by atoms with van der Waals surface area (Å²) in [6, 6.07) is 18.7. The molecule has 0 atom stereocenters. The average Bonchev–Trinajstić information content (AvgIpc) is 2.65. The third-order valence-corrected chi connectivity index (χ3v) is 5.81. The molecule has 27 heavy (non-hydrogen) atoms. The van der Waals surface area contributed by atoms with Crippen LogP contribution in [0.4, 0.5) is 5.69 Å². The number of carbonyl (C=O) groups excluding carboxylic acids is 1. The maximum Gasteiger partial charge on any atom is 0.163 e. The van der Waals surface area contributed by atoms with Crippen molar-refractivity contribution >= 4 is 46.4 Å². The molecule has 3 aromatic carbocycles. The highest BCUT2D eigenvalue weighted by molar-refractivity contribution is 7.99. The molecule has 0 amide bonds. The Bertz CT molecular complexity index is 992. The summed E-state index contributed by atoms with van der Waals surface area (Å²) in [5.74, 6) is -0.337. The smallest absolute Gasteiger partial charge is 0.163 e. The minimum Gasteiger partial charge on any atom is -0.505 e. The number of rotatable bonds is 6. The third kappa shape index (κ3) is 4.78. The van der Waals surface area contributed by atoms with Crippen LogP contribution in [-0.2, 0) is 6.54 Å². The normalized spacial score (nSPS) is 10.6. The number of phenolic OH excluding ortho intramolecular Hbond substituents is 1. The van der Waals surface area contributed by atoms with E-state index in [0.717, 1.165) is 15.4 Å². The van der Waals surface area contributed by atoms with Crippen LogP contribution in [0.2, 0.25) is 10.0 Å². The van der Waals surface area contributed by atoms with E-state index in [1.54, 1.807) is 17.8 Å². The number of phenols is 1. The number of anilines is 1. The minimum absolute atomic E-state index is 0.0943. The third-order valence-electron chi connectivity index (χ3n) is 3.95. The molecular formula is C21H17Cl2NO2S. The lowest BCUT2D eigenvalue weighted by molar-refractivity contribution is 0.101. The van der Waals surface area contributed by atoms with E-state index in [1.807, 2.05) is 48.5 Å². The van der Waals surface area contributed by atoms with Crippen molar-refractivity contribution in [1.29, 1.82) is 0 Å². The van der Waals surface area contributed by atoms with E-state index >= 15 is 0 Å².